The Kier molecular flexibility index (Phi) is 5.14. The van der Waals surface area contributed by atoms with Crippen LogP contribution in [0.4, 0.5) is 13.2 Å². The molecule has 2 aromatic rings. The van der Waals surface area contributed by atoms with Crippen molar-refractivity contribution < 1.29 is 13.2 Å². The van der Waals surface area contributed by atoms with Gasteiger partial charge in [0.15, 0.2) is 0 Å². The molecule has 7 heteroatoms. The van der Waals surface area contributed by atoms with Gasteiger partial charge in [-0.1, -0.05) is 56.8 Å². The van der Waals surface area contributed by atoms with Crippen LogP contribution in [-0.4, -0.2) is 0 Å². The van der Waals surface area contributed by atoms with Crippen molar-refractivity contribution in [2.75, 3.05) is 0 Å². The molecule has 112 valence electrons. The molecule has 0 bridgehead atoms. The van der Waals surface area contributed by atoms with E-state index in [9.17, 15) is 13.2 Å². The number of benzene rings is 2. The molecule has 2 aromatic carbocycles. The molecular weight excluding hydrogens is 411 g/mol. The Morgan fingerprint density at radius 3 is 2.19 bits per heavy atom. The van der Waals surface area contributed by atoms with Crippen molar-refractivity contribution in [1.29, 1.82) is 0 Å². The van der Waals surface area contributed by atoms with Gasteiger partial charge in [0, 0.05) is 15.9 Å². The first-order chi connectivity index (χ1) is 9.74. The molecule has 2 rings (SSSR count). The van der Waals surface area contributed by atoms with Crippen molar-refractivity contribution >= 4 is 50.7 Å². The lowest BCUT2D eigenvalue weighted by Crippen LogP contribution is -2.07. The first-order valence-electron chi connectivity index (χ1n) is 5.65. The number of alkyl halides is 4. The third-order valence-electron chi connectivity index (χ3n) is 2.83. The summed E-state index contributed by atoms with van der Waals surface area (Å²) < 4.78 is 39.5. The molecule has 0 amide bonds. The Morgan fingerprint density at radius 2 is 1.62 bits per heavy atom. The Hall–Kier alpha value is -0.420. The van der Waals surface area contributed by atoms with Gasteiger partial charge in [-0.15, -0.1) is 0 Å². The van der Waals surface area contributed by atoms with Crippen LogP contribution in [0.25, 0.3) is 11.1 Å². The Balaban J connectivity index is 2.78. The van der Waals surface area contributed by atoms with E-state index in [1.807, 2.05) is 0 Å². The topological polar surface area (TPSA) is 0 Å². The highest BCUT2D eigenvalue weighted by Crippen LogP contribution is 2.43. The minimum Gasteiger partial charge on any atom is -0.166 e. The van der Waals surface area contributed by atoms with Gasteiger partial charge in [-0.2, -0.15) is 13.2 Å². The van der Waals surface area contributed by atoms with Crippen LogP contribution in [0.3, 0.4) is 0 Å². The van der Waals surface area contributed by atoms with Crippen LogP contribution in [0.5, 0.6) is 0 Å². The first kappa shape index (κ1) is 16.9. The van der Waals surface area contributed by atoms with E-state index in [0.717, 1.165) is 6.07 Å². The van der Waals surface area contributed by atoms with Gasteiger partial charge in [-0.3, -0.25) is 0 Å². The summed E-state index contributed by atoms with van der Waals surface area (Å²) in [5.41, 5.74) is 0.00994. The van der Waals surface area contributed by atoms with Crippen LogP contribution in [0.2, 0.25) is 15.1 Å². The molecule has 0 saturated heterocycles. The molecule has 0 fully saturated rings. The first-order valence-corrected chi connectivity index (χ1v) is 7.90. The number of hydrogen-bond donors (Lipinski definition) is 0. The van der Waals surface area contributed by atoms with E-state index in [0.29, 0.717) is 10.9 Å². The van der Waals surface area contributed by atoms with Crippen LogP contribution < -0.4 is 0 Å². The van der Waals surface area contributed by atoms with Crippen LogP contribution >= 0.6 is 50.7 Å². The van der Waals surface area contributed by atoms with Crippen molar-refractivity contribution in [3.05, 3.63) is 56.5 Å². The van der Waals surface area contributed by atoms with E-state index < -0.39 is 11.7 Å². The molecule has 0 atom stereocenters. The molecule has 0 aliphatic carbocycles. The lowest BCUT2D eigenvalue weighted by atomic mass is 9.97. The summed E-state index contributed by atoms with van der Waals surface area (Å²) in [5, 5.41) is 0.788. The predicted octanol–water partition coefficient (Wildman–Crippen LogP) is 7.23. The summed E-state index contributed by atoms with van der Waals surface area (Å²) in [6, 6.07) is 6.61. The molecule has 0 nitrogen and oxygen atoms in total. The third kappa shape index (κ3) is 3.67. The Morgan fingerprint density at radius 1 is 0.952 bits per heavy atom. The number of halogens is 7. The van der Waals surface area contributed by atoms with Crippen molar-refractivity contribution in [1.82, 2.24) is 0 Å². The van der Waals surface area contributed by atoms with Gasteiger partial charge in [0.05, 0.1) is 15.6 Å². The molecule has 21 heavy (non-hydrogen) atoms. The summed E-state index contributed by atoms with van der Waals surface area (Å²) in [6.07, 6.45) is -4.50. The average molecular weight is 418 g/mol. The van der Waals surface area contributed by atoms with Crippen molar-refractivity contribution in [3.8, 4) is 11.1 Å². The maximum atomic E-state index is 13.2. The van der Waals surface area contributed by atoms with Crippen molar-refractivity contribution in [3.63, 3.8) is 0 Å². The van der Waals surface area contributed by atoms with Crippen molar-refractivity contribution in [2.24, 2.45) is 0 Å². The van der Waals surface area contributed by atoms with Gasteiger partial charge in [-0.05, 0) is 35.4 Å². The zero-order valence-corrected chi connectivity index (χ0v) is 14.1. The van der Waals surface area contributed by atoms with Gasteiger partial charge < -0.3 is 0 Å². The predicted molar refractivity (Wildman–Crippen MR) is 84.5 cm³/mol. The summed E-state index contributed by atoms with van der Waals surface area (Å²) in [7, 11) is 0. The maximum Gasteiger partial charge on any atom is 0.417 e. The van der Waals surface area contributed by atoms with Gasteiger partial charge in [0.25, 0.3) is 0 Å². The molecule has 0 spiro atoms. The molecule has 0 aliphatic rings. The summed E-state index contributed by atoms with van der Waals surface area (Å²) in [6.45, 7) is 0. The monoisotopic (exact) mass is 416 g/mol. The molecule has 0 heterocycles. The molecular formula is C14H7BrCl3F3. The van der Waals surface area contributed by atoms with E-state index in [1.54, 1.807) is 0 Å². The minimum atomic E-state index is -4.50. The molecule has 0 N–H and O–H groups in total. The minimum absolute atomic E-state index is 0.0401. The fourth-order valence-corrected chi connectivity index (χ4v) is 2.95. The van der Waals surface area contributed by atoms with Crippen LogP contribution in [0.15, 0.2) is 30.3 Å². The summed E-state index contributed by atoms with van der Waals surface area (Å²) in [4.78, 5) is 0. The quantitative estimate of drug-likeness (QED) is 0.357. The zero-order chi connectivity index (χ0) is 15.8. The van der Waals surface area contributed by atoms with Gasteiger partial charge in [0.2, 0.25) is 0 Å². The highest BCUT2D eigenvalue weighted by molar-refractivity contribution is 9.08. The SMILES string of the molecule is FC(F)(F)c1ccc(CBr)cc1-c1cc(Cl)cc(Cl)c1Cl. The van der Waals surface area contributed by atoms with Crippen LogP contribution in [0, 0.1) is 0 Å². The van der Waals surface area contributed by atoms with E-state index in [-0.39, 0.29) is 26.2 Å². The zero-order valence-electron chi connectivity index (χ0n) is 10.2. The maximum absolute atomic E-state index is 13.2. The normalized spacial score (nSPS) is 11.8. The van der Waals surface area contributed by atoms with Crippen LogP contribution in [0.1, 0.15) is 11.1 Å². The number of hydrogen-bond acceptors (Lipinski definition) is 0. The van der Waals surface area contributed by atoms with E-state index in [4.69, 9.17) is 34.8 Å². The Bertz CT molecular complexity index is 684. The summed E-state index contributed by atoms with van der Waals surface area (Å²) >= 11 is 21.0. The van der Waals surface area contributed by atoms with E-state index >= 15 is 0 Å². The highest BCUT2D eigenvalue weighted by atomic mass is 79.9. The molecule has 0 unspecified atom stereocenters. The smallest absolute Gasteiger partial charge is 0.166 e. The van der Waals surface area contributed by atoms with Gasteiger partial charge >= 0.3 is 6.18 Å². The largest absolute Gasteiger partial charge is 0.417 e. The number of rotatable bonds is 2. The van der Waals surface area contributed by atoms with Gasteiger partial charge in [0.1, 0.15) is 0 Å². The van der Waals surface area contributed by atoms with E-state index in [2.05, 4.69) is 15.9 Å². The fourth-order valence-electron chi connectivity index (χ4n) is 1.90. The molecule has 0 radical (unpaired) electrons. The highest BCUT2D eigenvalue weighted by Gasteiger charge is 2.34. The second-order valence-corrected chi connectivity index (χ2v) is 6.04. The van der Waals surface area contributed by atoms with Crippen LogP contribution in [-0.2, 0) is 11.5 Å². The molecule has 0 aromatic heterocycles. The fraction of sp³-hybridized carbons (Fsp3) is 0.143. The lowest BCUT2D eigenvalue weighted by molar-refractivity contribution is -0.137. The summed E-state index contributed by atoms with van der Waals surface area (Å²) in [5.74, 6) is 0. The molecule has 0 saturated carbocycles. The van der Waals surface area contributed by atoms with E-state index in [1.165, 1.54) is 24.3 Å². The third-order valence-corrected chi connectivity index (χ3v) is 4.49. The molecule has 0 aliphatic heterocycles. The lowest BCUT2D eigenvalue weighted by Gasteiger charge is -2.16. The second kappa shape index (κ2) is 6.37. The van der Waals surface area contributed by atoms with Gasteiger partial charge in [-0.25, -0.2) is 0 Å². The van der Waals surface area contributed by atoms with Crippen molar-refractivity contribution in [2.45, 2.75) is 11.5 Å². The standard InChI is InChI=1S/C14H7BrCl3F3/c15-6-7-1-2-11(14(19,20)21)9(3-7)10-4-8(16)5-12(17)13(10)18/h1-5H,6H2. The Labute approximate surface area is 142 Å². The average Bonchev–Trinajstić information content (AvgIpc) is 2.41. The second-order valence-electron chi connectivity index (χ2n) is 4.26.